The fraction of sp³-hybridized carbons (Fsp3) is 0.333. The van der Waals surface area contributed by atoms with Gasteiger partial charge in [-0.3, -0.25) is 0 Å². The zero-order valence-electron chi connectivity index (χ0n) is 14.0. The van der Waals surface area contributed by atoms with Crippen molar-refractivity contribution < 1.29 is 14.2 Å². The van der Waals surface area contributed by atoms with Crippen LogP contribution in [0.15, 0.2) is 41.6 Å². The van der Waals surface area contributed by atoms with Crippen molar-refractivity contribution in [3.05, 3.63) is 52.4 Å². The number of hydrogen-bond donors (Lipinski definition) is 0. The van der Waals surface area contributed by atoms with Crippen LogP contribution in [-0.2, 0) is 6.42 Å². The summed E-state index contributed by atoms with van der Waals surface area (Å²) in [4.78, 5) is 13.6. The van der Waals surface area contributed by atoms with Crippen LogP contribution in [0.2, 0.25) is 0 Å². The van der Waals surface area contributed by atoms with Crippen LogP contribution in [0, 0.1) is 4.91 Å². The number of fused-ring (bicyclic) bond motifs is 1. The summed E-state index contributed by atoms with van der Waals surface area (Å²) in [6.07, 6.45) is 0.204. The molecule has 1 atom stereocenters. The van der Waals surface area contributed by atoms with Crippen LogP contribution in [0.4, 0.5) is 5.69 Å². The molecule has 0 spiro atoms. The van der Waals surface area contributed by atoms with Crippen molar-refractivity contribution in [1.29, 1.82) is 0 Å². The Bertz CT molecular complexity index is 731. The Morgan fingerprint density at radius 1 is 1.00 bits per heavy atom. The molecule has 6 heteroatoms. The van der Waals surface area contributed by atoms with Gasteiger partial charge < -0.3 is 19.1 Å². The summed E-state index contributed by atoms with van der Waals surface area (Å²) in [5.74, 6) is 2.04. The highest BCUT2D eigenvalue weighted by Gasteiger charge is 2.30. The first-order chi connectivity index (χ1) is 11.7. The topological polar surface area (TPSA) is 60.4 Å². The number of nitrogens with zero attached hydrogens (tertiary/aromatic N) is 2. The van der Waals surface area contributed by atoms with Gasteiger partial charge in [0.2, 0.25) is 0 Å². The molecule has 0 amide bonds. The van der Waals surface area contributed by atoms with E-state index in [1.807, 2.05) is 41.3 Å². The van der Waals surface area contributed by atoms with Gasteiger partial charge in [-0.2, -0.15) is 0 Å². The predicted octanol–water partition coefficient (Wildman–Crippen LogP) is 3.54. The van der Waals surface area contributed by atoms with Crippen LogP contribution in [0.1, 0.15) is 17.3 Å². The lowest BCUT2D eigenvalue weighted by Gasteiger charge is -2.35. The summed E-state index contributed by atoms with van der Waals surface area (Å²) < 4.78 is 15.9. The Balaban J connectivity index is 2.00. The molecule has 2 aromatic carbocycles. The second kappa shape index (κ2) is 6.78. The summed E-state index contributed by atoms with van der Waals surface area (Å²) in [5.41, 5.74) is 2.84. The third kappa shape index (κ3) is 2.75. The summed E-state index contributed by atoms with van der Waals surface area (Å²) in [6.45, 7) is 0.700. The van der Waals surface area contributed by atoms with Crippen molar-refractivity contribution in [3.8, 4) is 17.2 Å². The van der Waals surface area contributed by atoms with Gasteiger partial charge in [0.15, 0.2) is 17.7 Å². The average molecular weight is 328 g/mol. The molecule has 3 rings (SSSR count). The maximum atomic E-state index is 11.6. The molecule has 0 radical (unpaired) electrons. The molecule has 0 bridgehead atoms. The van der Waals surface area contributed by atoms with Crippen molar-refractivity contribution in [2.75, 3.05) is 32.8 Å². The van der Waals surface area contributed by atoms with Crippen molar-refractivity contribution >= 4 is 5.69 Å². The van der Waals surface area contributed by atoms with E-state index in [1.165, 1.54) is 0 Å². The Morgan fingerprint density at radius 2 is 1.67 bits per heavy atom. The molecule has 0 saturated carbocycles. The van der Waals surface area contributed by atoms with Gasteiger partial charge in [-0.05, 0) is 53.6 Å². The number of nitroso groups, excluding NO2 is 1. The molecule has 0 aromatic heterocycles. The van der Waals surface area contributed by atoms with Crippen LogP contribution in [0.3, 0.4) is 0 Å². The molecule has 1 unspecified atom stereocenters. The molecule has 0 fully saturated rings. The second-order valence-electron chi connectivity index (χ2n) is 5.53. The molecule has 24 heavy (non-hydrogen) atoms. The lowest BCUT2D eigenvalue weighted by Crippen LogP contribution is -2.34. The number of anilines is 1. The van der Waals surface area contributed by atoms with Gasteiger partial charge >= 0.3 is 0 Å². The fourth-order valence-electron chi connectivity index (χ4n) is 3.08. The zero-order valence-corrected chi connectivity index (χ0v) is 14.0. The van der Waals surface area contributed by atoms with Gasteiger partial charge in [0, 0.05) is 17.8 Å². The monoisotopic (exact) mass is 328 g/mol. The van der Waals surface area contributed by atoms with Crippen LogP contribution in [0.5, 0.6) is 17.2 Å². The molecular weight excluding hydrogens is 308 g/mol. The van der Waals surface area contributed by atoms with E-state index in [0.29, 0.717) is 18.0 Å². The first kappa shape index (κ1) is 16.1. The van der Waals surface area contributed by atoms with Crippen LogP contribution in [0.25, 0.3) is 0 Å². The highest BCUT2D eigenvalue weighted by molar-refractivity contribution is 5.57. The molecule has 2 aromatic rings. The summed E-state index contributed by atoms with van der Waals surface area (Å²) in [5, 5.41) is 3.37. The number of ether oxygens (including phenoxy) is 3. The Labute approximate surface area is 140 Å². The second-order valence-corrected chi connectivity index (χ2v) is 5.53. The molecule has 126 valence electrons. The molecule has 6 nitrogen and oxygen atoms in total. The lowest BCUT2D eigenvalue weighted by molar-refractivity contribution is 0.353. The summed E-state index contributed by atoms with van der Waals surface area (Å²) >= 11 is 0. The SMILES string of the molecule is COc1ccc(N2CCc3cc(OC)c(OC)cc3C2N=O)cc1. The minimum atomic E-state index is -0.595. The number of rotatable bonds is 5. The Kier molecular flexibility index (Phi) is 4.55. The first-order valence-corrected chi connectivity index (χ1v) is 7.69. The number of hydrogen-bond acceptors (Lipinski definition) is 6. The average Bonchev–Trinajstić information content (AvgIpc) is 2.65. The van der Waals surface area contributed by atoms with Gasteiger partial charge in [-0.25, -0.2) is 0 Å². The summed E-state index contributed by atoms with van der Waals surface area (Å²) in [6, 6.07) is 11.4. The van der Waals surface area contributed by atoms with Crippen LogP contribution in [-0.4, -0.2) is 27.9 Å². The first-order valence-electron chi connectivity index (χ1n) is 7.69. The van der Waals surface area contributed by atoms with E-state index in [1.54, 1.807) is 21.3 Å². The molecule has 0 aliphatic carbocycles. The highest BCUT2D eigenvalue weighted by atomic mass is 16.5. The smallest absolute Gasteiger partial charge is 0.189 e. The standard InChI is InChI=1S/C18H20N2O4/c1-22-14-6-4-13(5-7-14)20-9-8-12-10-16(23-2)17(24-3)11-15(12)18(20)19-21/h4-7,10-11,18H,8-9H2,1-3H3. The van der Waals surface area contributed by atoms with Gasteiger partial charge in [0.25, 0.3) is 0 Å². The van der Waals surface area contributed by atoms with E-state index in [9.17, 15) is 4.91 Å². The van der Waals surface area contributed by atoms with E-state index >= 15 is 0 Å². The molecule has 1 aliphatic rings. The van der Waals surface area contributed by atoms with Crippen LogP contribution >= 0.6 is 0 Å². The normalized spacial score (nSPS) is 16.3. The third-order valence-electron chi connectivity index (χ3n) is 4.34. The van der Waals surface area contributed by atoms with E-state index in [4.69, 9.17) is 14.2 Å². The van der Waals surface area contributed by atoms with E-state index in [2.05, 4.69) is 5.18 Å². The van der Waals surface area contributed by atoms with Crippen molar-refractivity contribution in [3.63, 3.8) is 0 Å². The summed E-state index contributed by atoms with van der Waals surface area (Å²) in [7, 11) is 4.81. The van der Waals surface area contributed by atoms with E-state index in [-0.39, 0.29) is 0 Å². The molecule has 0 saturated heterocycles. The van der Waals surface area contributed by atoms with Crippen molar-refractivity contribution in [1.82, 2.24) is 0 Å². The largest absolute Gasteiger partial charge is 0.497 e. The molecular formula is C18H20N2O4. The van der Waals surface area contributed by atoms with Gasteiger partial charge in [0.1, 0.15) is 5.75 Å². The fourth-order valence-corrected chi connectivity index (χ4v) is 3.08. The number of methoxy groups -OCH3 is 3. The maximum Gasteiger partial charge on any atom is 0.189 e. The quantitative estimate of drug-likeness (QED) is 0.786. The van der Waals surface area contributed by atoms with Gasteiger partial charge in [-0.15, -0.1) is 4.91 Å². The number of benzene rings is 2. The predicted molar refractivity (Wildman–Crippen MR) is 92.1 cm³/mol. The van der Waals surface area contributed by atoms with Crippen molar-refractivity contribution in [2.24, 2.45) is 5.18 Å². The molecule has 1 heterocycles. The van der Waals surface area contributed by atoms with Gasteiger partial charge in [-0.1, -0.05) is 0 Å². The maximum absolute atomic E-state index is 11.6. The zero-order chi connectivity index (χ0) is 17.1. The minimum Gasteiger partial charge on any atom is -0.497 e. The third-order valence-corrected chi connectivity index (χ3v) is 4.34. The van der Waals surface area contributed by atoms with E-state index in [0.717, 1.165) is 29.0 Å². The Hall–Kier alpha value is -2.76. The Morgan fingerprint density at radius 3 is 2.25 bits per heavy atom. The molecule has 1 aliphatic heterocycles. The lowest BCUT2D eigenvalue weighted by atomic mass is 9.95. The molecule has 0 N–H and O–H groups in total. The highest BCUT2D eigenvalue weighted by Crippen LogP contribution is 2.40. The van der Waals surface area contributed by atoms with Gasteiger partial charge in [0.05, 0.1) is 21.3 Å². The van der Waals surface area contributed by atoms with E-state index < -0.39 is 6.17 Å². The van der Waals surface area contributed by atoms with Crippen molar-refractivity contribution in [2.45, 2.75) is 12.6 Å². The minimum absolute atomic E-state index is 0.595. The van der Waals surface area contributed by atoms with Crippen LogP contribution < -0.4 is 19.1 Å².